The zero-order chi connectivity index (χ0) is 26.8. The summed E-state index contributed by atoms with van der Waals surface area (Å²) in [7, 11) is 0. The summed E-state index contributed by atoms with van der Waals surface area (Å²) in [6, 6.07) is 5.08. The Hall–Kier alpha value is -3.41. The molecule has 1 atom stereocenters. The largest absolute Gasteiger partial charge is 0.484 e. The number of alkyl halides is 3. The van der Waals surface area contributed by atoms with Gasteiger partial charge in [0.2, 0.25) is 0 Å². The van der Waals surface area contributed by atoms with Crippen molar-refractivity contribution in [3.63, 3.8) is 0 Å². The molecule has 5 rings (SSSR count). The zero-order valence-corrected chi connectivity index (χ0v) is 20.0. The van der Waals surface area contributed by atoms with E-state index in [1.165, 1.54) is 6.07 Å². The molecular weight excluding hydrogens is 498 g/mol. The molecule has 12 heteroatoms. The maximum absolute atomic E-state index is 13.7. The number of carbonyl (C=O) groups is 2. The number of hydrogen-bond acceptors (Lipinski definition) is 6. The number of rotatable bonds is 8. The van der Waals surface area contributed by atoms with Crippen molar-refractivity contribution in [1.82, 2.24) is 15.6 Å². The van der Waals surface area contributed by atoms with E-state index in [2.05, 4.69) is 15.6 Å². The van der Waals surface area contributed by atoms with E-state index < -0.39 is 53.2 Å². The van der Waals surface area contributed by atoms with E-state index in [9.17, 15) is 32.3 Å². The first kappa shape index (κ1) is 26.6. The van der Waals surface area contributed by atoms with Crippen molar-refractivity contribution in [3.05, 3.63) is 53.6 Å². The molecule has 0 radical (unpaired) electrons. The second-order valence-corrected chi connectivity index (χ2v) is 9.65. The van der Waals surface area contributed by atoms with E-state index in [1.54, 1.807) is 19.1 Å². The number of amides is 2. The molecule has 3 aliphatic carbocycles. The average Bonchev–Trinajstić information content (AvgIpc) is 2.84. The van der Waals surface area contributed by atoms with Gasteiger partial charge in [-0.05, 0) is 56.7 Å². The first-order valence-corrected chi connectivity index (χ1v) is 11.7. The van der Waals surface area contributed by atoms with Crippen LogP contribution in [0.15, 0.2) is 36.7 Å². The highest BCUT2D eigenvalue weighted by Crippen LogP contribution is 2.47. The number of fused-ring (bicyclic) bond motifs is 3. The van der Waals surface area contributed by atoms with Crippen molar-refractivity contribution in [2.45, 2.75) is 62.4 Å². The highest BCUT2D eigenvalue weighted by Gasteiger charge is 2.55. The molecule has 3 fully saturated rings. The van der Waals surface area contributed by atoms with Gasteiger partial charge in [0.25, 0.3) is 11.8 Å². The summed E-state index contributed by atoms with van der Waals surface area (Å²) >= 11 is 0. The van der Waals surface area contributed by atoms with Crippen LogP contribution in [0.3, 0.4) is 0 Å². The van der Waals surface area contributed by atoms with E-state index >= 15 is 0 Å². The molecule has 2 amide bonds. The molecular formula is C25H27F4N3O5. The lowest BCUT2D eigenvalue weighted by Gasteiger charge is -2.56. The van der Waals surface area contributed by atoms with Crippen LogP contribution in [0.5, 0.6) is 11.5 Å². The molecule has 37 heavy (non-hydrogen) atoms. The maximum Gasteiger partial charge on any atom is 0.418 e. The molecule has 3 N–H and O–H groups in total. The number of benzene rings is 1. The van der Waals surface area contributed by atoms with Crippen molar-refractivity contribution in [2.24, 2.45) is 0 Å². The number of aryl methyl sites for hydroxylation is 1. The van der Waals surface area contributed by atoms with Crippen molar-refractivity contribution in [1.29, 1.82) is 0 Å². The highest BCUT2D eigenvalue weighted by molar-refractivity contribution is 5.79. The molecule has 1 unspecified atom stereocenters. The minimum Gasteiger partial charge on any atom is -0.484 e. The normalized spacial score (nSPS) is 24.9. The number of pyridine rings is 1. The van der Waals surface area contributed by atoms with Crippen LogP contribution in [0.25, 0.3) is 0 Å². The lowest BCUT2D eigenvalue weighted by atomic mass is 9.60. The van der Waals surface area contributed by atoms with Gasteiger partial charge in [0.15, 0.2) is 13.2 Å². The summed E-state index contributed by atoms with van der Waals surface area (Å²) in [5.41, 5.74) is -2.11. The lowest BCUT2D eigenvalue weighted by Crippen LogP contribution is -2.70. The molecule has 1 aromatic carbocycles. The molecule has 3 aliphatic rings. The van der Waals surface area contributed by atoms with Gasteiger partial charge >= 0.3 is 6.18 Å². The monoisotopic (exact) mass is 525 g/mol. The minimum absolute atomic E-state index is 0.201. The van der Waals surface area contributed by atoms with Gasteiger partial charge in [-0.3, -0.25) is 14.6 Å². The highest BCUT2D eigenvalue weighted by atomic mass is 19.4. The average molecular weight is 525 g/mol. The van der Waals surface area contributed by atoms with E-state index in [0.29, 0.717) is 37.4 Å². The number of aliphatic hydroxyl groups is 1. The number of halogens is 4. The standard InChI is InChI=1S/C25H27F4N3O5/c1-15-2-3-17(9-19(15)26)36-13-21(34)31-23-4-6-24(7-5-23,20(33)10-23)32-22(35)14-37-18-8-16(11-30-12-18)25(27,28)29/h2-3,8-9,11-12,20,33H,4-7,10,13-14H2,1H3,(H,31,34)(H,32,35). The number of hydrogen-bond donors (Lipinski definition) is 3. The number of aliphatic hydroxyl groups excluding tert-OH is 1. The summed E-state index contributed by atoms with van der Waals surface area (Å²) in [5.74, 6) is -1.40. The van der Waals surface area contributed by atoms with Crippen LogP contribution >= 0.6 is 0 Å². The Morgan fingerprint density at radius 1 is 1.03 bits per heavy atom. The second kappa shape index (κ2) is 10.2. The minimum atomic E-state index is -4.59. The van der Waals surface area contributed by atoms with Gasteiger partial charge in [0, 0.05) is 17.8 Å². The molecule has 2 bridgehead atoms. The Morgan fingerprint density at radius 3 is 2.30 bits per heavy atom. The van der Waals surface area contributed by atoms with Gasteiger partial charge in [-0.25, -0.2) is 4.39 Å². The fourth-order valence-electron chi connectivity index (χ4n) is 4.92. The Balaban J connectivity index is 1.28. The van der Waals surface area contributed by atoms with Crippen molar-refractivity contribution < 1.29 is 41.7 Å². The Bertz CT molecular complexity index is 1170. The predicted octanol–water partition coefficient (Wildman–Crippen LogP) is 3.05. The smallest absolute Gasteiger partial charge is 0.418 e. The van der Waals surface area contributed by atoms with Crippen LogP contribution in [-0.2, 0) is 15.8 Å². The molecule has 2 aromatic rings. The summed E-state index contributed by atoms with van der Waals surface area (Å²) in [5, 5.41) is 16.5. The molecule has 8 nitrogen and oxygen atoms in total. The Labute approximate surface area is 210 Å². The van der Waals surface area contributed by atoms with E-state index in [4.69, 9.17) is 9.47 Å². The SMILES string of the molecule is Cc1ccc(OCC(=O)NC23CCC(NC(=O)COc4cncc(C(F)(F)F)c4)(CC2)C(O)C3)cc1F. The van der Waals surface area contributed by atoms with Crippen molar-refractivity contribution in [2.75, 3.05) is 13.2 Å². The predicted molar refractivity (Wildman–Crippen MR) is 122 cm³/mol. The molecule has 1 aromatic heterocycles. The van der Waals surface area contributed by atoms with Crippen LogP contribution in [0.4, 0.5) is 17.6 Å². The maximum atomic E-state index is 13.7. The molecule has 3 saturated carbocycles. The molecule has 0 saturated heterocycles. The van der Waals surface area contributed by atoms with Gasteiger partial charge in [-0.15, -0.1) is 0 Å². The number of nitrogens with one attached hydrogen (secondary N) is 2. The second-order valence-electron chi connectivity index (χ2n) is 9.65. The van der Waals surface area contributed by atoms with Gasteiger partial charge in [-0.1, -0.05) is 6.07 Å². The summed E-state index contributed by atoms with van der Waals surface area (Å²) in [6.45, 7) is 0.756. The van der Waals surface area contributed by atoms with Gasteiger partial charge in [0.1, 0.15) is 17.3 Å². The molecule has 200 valence electrons. The third-order valence-corrected chi connectivity index (χ3v) is 7.04. The first-order chi connectivity index (χ1) is 17.4. The Morgan fingerprint density at radius 2 is 1.68 bits per heavy atom. The third kappa shape index (κ3) is 6.12. The van der Waals surface area contributed by atoms with Crippen LogP contribution < -0.4 is 20.1 Å². The molecule has 0 spiro atoms. The number of carbonyl (C=O) groups excluding carboxylic acids is 2. The van der Waals surface area contributed by atoms with Crippen LogP contribution in [0.2, 0.25) is 0 Å². The first-order valence-electron chi connectivity index (χ1n) is 11.7. The number of ether oxygens (including phenoxy) is 2. The molecule has 1 heterocycles. The third-order valence-electron chi connectivity index (χ3n) is 7.04. The number of nitrogens with zero attached hydrogens (tertiary/aromatic N) is 1. The van der Waals surface area contributed by atoms with Gasteiger partial charge in [-0.2, -0.15) is 13.2 Å². The zero-order valence-electron chi connectivity index (χ0n) is 20.0. The lowest BCUT2D eigenvalue weighted by molar-refractivity contribution is -0.138. The van der Waals surface area contributed by atoms with E-state index in [-0.39, 0.29) is 24.5 Å². The van der Waals surface area contributed by atoms with Crippen LogP contribution in [0, 0.1) is 12.7 Å². The van der Waals surface area contributed by atoms with Crippen LogP contribution in [-0.4, -0.2) is 52.3 Å². The van der Waals surface area contributed by atoms with Gasteiger partial charge in [0.05, 0.1) is 23.4 Å². The van der Waals surface area contributed by atoms with Crippen molar-refractivity contribution in [3.8, 4) is 11.5 Å². The van der Waals surface area contributed by atoms with E-state index in [1.807, 2.05) is 0 Å². The van der Waals surface area contributed by atoms with Gasteiger partial charge < -0.3 is 25.2 Å². The topological polar surface area (TPSA) is 110 Å². The van der Waals surface area contributed by atoms with E-state index in [0.717, 1.165) is 12.3 Å². The van der Waals surface area contributed by atoms with Crippen molar-refractivity contribution >= 4 is 11.8 Å². The summed E-state index contributed by atoms with van der Waals surface area (Å²) in [4.78, 5) is 28.5. The number of aromatic nitrogens is 1. The quantitative estimate of drug-likeness (QED) is 0.457. The fourth-order valence-corrected chi connectivity index (χ4v) is 4.92. The Kier molecular flexibility index (Phi) is 7.31. The summed E-state index contributed by atoms with van der Waals surface area (Å²) in [6.07, 6.45) is -1.85. The fraction of sp³-hybridized carbons (Fsp3) is 0.480. The molecule has 0 aliphatic heterocycles. The summed E-state index contributed by atoms with van der Waals surface area (Å²) < 4.78 is 62.7. The van der Waals surface area contributed by atoms with Crippen LogP contribution in [0.1, 0.15) is 43.2 Å².